The number of benzene rings is 1. The van der Waals surface area contributed by atoms with Gasteiger partial charge in [-0.3, -0.25) is 14.9 Å². The number of hydrogen-bond acceptors (Lipinski definition) is 4. The van der Waals surface area contributed by atoms with Crippen LogP contribution >= 0.6 is 23.2 Å². The summed E-state index contributed by atoms with van der Waals surface area (Å²) < 4.78 is 0. The van der Waals surface area contributed by atoms with E-state index in [-0.39, 0.29) is 16.3 Å². The second kappa shape index (κ2) is 6.31. The van der Waals surface area contributed by atoms with E-state index >= 15 is 0 Å². The molecule has 1 aromatic carbocycles. The number of nitrogens with zero attached hydrogens (tertiary/aromatic N) is 2. The minimum atomic E-state index is -0.924. The Bertz CT molecular complexity index is 629. The Morgan fingerprint density at radius 1 is 0.900 bits per heavy atom. The molecule has 1 heterocycles. The topological polar surface area (TPSA) is 84.0 Å². The summed E-state index contributed by atoms with van der Waals surface area (Å²) in [6, 6.07) is 9.86. The van der Waals surface area contributed by atoms with Gasteiger partial charge in [0.15, 0.2) is 0 Å². The van der Waals surface area contributed by atoms with Crippen molar-refractivity contribution in [3.05, 3.63) is 46.7 Å². The molecule has 2 N–H and O–H groups in total. The molecule has 2 aromatic rings. The van der Waals surface area contributed by atoms with E-state index in [0.717, 1.165) is 0 Å². The van der Waals surface area contributed by atoms with E-state index in [9.17, 15) is 9.59 Å². The van der Waals surface area contributed by atoms with Crippen molar-refractivity contribution in [1.29, 1.82) is 0 Å². The first-order chi connectivity index (χ1) is 9.54. The highest BCUT2D eigenvalue weighted by molar-refractivity contribution is 6.43. The number of hydrogen-bond donors (Lipinski definition) is 2. The lowest BCUT2D eigenvalue weighted by Gasteiger charge is -2.05. The third kappa shape index (κ3) is 3.91. The molecule has 0 aliphatic rings. The SMILES string of the molecule is O=C(Nc1ccccc1)C(=O)Nc1nc(Cl)cc(Cl)n1. The summed E-state index contributed by atoms with van der Waals surface area (Å²) in [5.41, 5.74) is 0.498. The van der Waals surface area contributed by atoms with Crippen molar-refractivity contribution in [2.24, 2.45) is 0 Å². The number of aromatic nitrogens is 2. The molecule has 0 bridgehead atoms. The van der Waals surface area contributed by atoms with E-state index in [1.807, 2.05) is 0 Å². The summed E-state index contributed by atoms with van der Waals surface area (Å²) in [6.07, 6.45) is 0. The summed E-state index contributed by atoms with van der Waals surface area (Å²) in [7, 11) is 0. The molecule has 0 spiro atoms. The maximum Gasteiger partial charge on any atom is 0.316 e. The smallest absolute Gasteiger partial charge is 0.316 e. The zero-order valence-electron chi connectivity index (χ0n) is 9.93. The number of rotatable bonds is 2. The molecule has 0 radical (unpaired) electrons. The van der Waals surface area contributed by atoms with Crippen molar-refractivity contribution < 1.29 is 9.59 Å². The van der Waals surface area contributed by atoms with Gasteiger partial charge in [-0.25, -0.2) is 9.97 Å². The van der Waals surface area contributed by atoms with Crippen LogP contribution in [-0.4, -0.2) is 21.8 Å². The Balaban J connectivity index is 2.02. The summed E-state index contributed by atoms with van der Waals surface area (Å²) in [5, 5.41) is 4.74. The highest BCUT2D eigenvalue weighted by atomic mass is 35.5. The summed E-state index contributed by atoms with van der Waals surface area (Å²) in [5.74, 6) is -1.92. The van der Waals surface area contributed by atoms with Crippen molar-refractivity contribution >= 4 is 46.7 Å². The van der Waals surface area contributed by atoms with Crippen LogP contribution in [0.3, 0.4) is 0 Å². The number of halogens is 2. The molecule has 8 heteroatoms. The third-order valence-electron chi connectivity index (χ3n) is 2.13. The Morgan fingerprint density at radius 2 is 1.45 bits per heavy atom. The molecule has 0 unspecified atom stereocenters. The van der Waals surface area contributed by atoms with E-state index in [4.69, 9.17) is 23.2 Å². The fourth-order valence-electron chi connectivity index (χ4n) is 1.31. The molecule has 2 amide bonds. The monoisotopic (exact) mass is 310 g/mol. The average molecular weight is 311 g/mol. The summed E-state index contributed by atoms with van der Waals surface area (Å²) in [6.45, 7) is 0. The maximum absolute atomic E-state index is 11.7. The standard InChI is InChI=1S/C12H8Cl2N4O2/c13-8-6-9(14)17-12(16-8)18-11(20)10(19)15-7-4-2-1-3-5-7/h1-6H,(H,15,19)(H,16,17,18,20). The number of anilines is 2. The van der Waals surface area contributed by atoms with Crippen LogP contribution in [0.25, 0.3) is 0 Å². The molecule has 6 nitrogen and oxygen atoms in total. The largest absolute Gasteiger partial charge is 0.318 e. The highest BCUT2D eigenvalue weighted by Crippen LogP contribution is 2.14. The molecular weight excluding hydrogens is 303 g/mol. The number of carbonyl (C=O) groups excluding carboxylic acids is 2. The predicted molar refractivity (Wildman–Crippen MR) is 75.8 cm³/mol. The summed E-state index contributed by atoms with van der Waals surface area (Å²) in [4.78, 5) is 30.7. The first-order valence-corrected chi connectivity index (χ1v) is 6.17. The highest BCUT2D eigenvalue weighted by Gasteiger charge is 2.15. The number of amides is 2. The molecule has 0 saturated heterocycles. The first-order valence-electron chi connectivity index (χ1n) is 5.42. The maximum atomic E-state index is 11.7. The second-order valence-electron chi connectivity index (χ2n) is 3.61. The van der Waals surface area contributed by atoms with E-state index in [0.29, 0.717) is 5.69 Å². The van der Waals surface area contributed by atoms with Gasteiger partial charge in [-0.15, -0.1) is 0 Å². The molecule has 20 heavy (non-hydrogen) atoms. The zero-order chi connectivity index (χ0) is 14.5. The lowest BCUT2D eigenvalue weighted by molar-refractivity contribution is -0.133. The van der Waals surface area contributed by atoms with Gasteiger partial charge in [-0.2, -0.15) is 0 Å². The Labute approximate surface area is 124 Å². The van der Waals surface area contributed by atoms with Crippen LogP contribution in [0.4, 0.5) is 11.6 Å². The van der Waals surface area contributed by atoms with Crippen LogP contribution in [0.15, 0.2) is 36.4 Å². The third-order valence-corrected chi connectivity index (χ3v) is 2.51. The van der Waals surface area contributed by atoms with Gasteiger partial charge >= 0.3 is 11.8 Å². The van der Waals surface area contributed by atoms with Crippen LogP contribution in [0.2, 0.25) is 10.3 Å². The van der Waals surface area contributed by atoms with Crippen molar-refractivity contribution in [3.8, 4) is 0 Å². The molecule has 0 fully saturated rings. The van der Waals surface area contributed by atoms with E-state index < -0.39 is 11.8 Å². The fraction of sp³-hybridized carbons (Fsp3) is 0. The van der Waals surface area contributed by atoms with Gasteiger partial charge in [-0.05, 0) is 12.1 Å². The van der Waals surface area contributed by atoms with Crippen LogP contribution in [0.1, 0.15) is 0 Å². The fourth-order valence-corrected chi connectivity index (χ4v) is 1.74. The molecule has 0 aliphatic carbocycles. The normalized spacial score (nSPS) is 9.90. The van der Waals surface area contributed by atoms with Crippen molar-refractivity contribution in [3.63, 3.8) is 0 Å². The lowest BCUT2D eigenvalue weighted by atomic mass is 10.3. The Kier molecular flexibility index (Phi) is 4.49. The molecular formula is C12H8Cl2N4O2. The number of nitrogens with one attached hydrogen (secondary N) is 2. The second-order valence-corrected chi connectivity index (χ2v) is 4.39. The van der Waals surface area contributed by atoms with Gasteiger partial charge in [0.05, 0.1) is 0 Å². The quantitative estimate of drug-likeness (QED) is 0.659. The van der Waals surface area contributed by atoms with Crippen LogP contribution < -0.4 is 10.6 Å². The van der Waals surface area contributed by atoms with Gasteiger partial charge in [0.2, 0.25) is 5.95 Å². The van der Waals surface area contributed by atoms with E-state index in [2.05, 4.69) is 20.6 Å². The molecule has 2 rings (SSSR count). The van der Waals surface area contributed by atoms with Crippen LogP contribution in [0, 0.1) is 0 Å². The number of carbonyl (C=O) groups is 2. The van der Waals surface area contributed by atoms with Gasteiger partial charge in [0, 0.05) is 11.8 Å². The Hall–Kier alpha value is -2.18. The average Bonchev–Trinajstić information content (AvgIpc) is 2.38. The van der Waals surface area contributed by atoms with E-state index in [1.165, 1.54) is 6.07 Å². The zero-order valence-corrected chi connectivity index (χ0v) is 11.4. The van der Waals surface area contributed by atoms with Crippen molar-refractivity contribution in [2.45, 2.75) is 0 Å². The van der Waals surface area contributed by atoms with Crippen molar-refractivity contribution in [1.82, 2.24) is 9.97 Å². The minimum Gasteiger partial charge on any atom is -0.318 e. The van der Waals surface area contributed by atoms with Gasteiger partial charge in [0.1, 0.15) is 10.3 Å². The van der Waals surface area contributed by atoms with Crippen LogP contribution in [-0.2, 0) is 9.59 Å². The van der Waals surface area contributed by atoms with Gasteiger partial charge in [-0.1, -0.05) is 41.4 Å². The van der Waals surface area contributed by atoms with Crippen molar-refractivity contribution in [2.75, 3.05) is 10.6 Å². The Morgan fingerprint density at radius 3 is 2.05 bits per heavy atom. The minimum absolute atomic E-state index is 0.0590. The predicted octanol–water partition coefficient (Wildman–Crippen LogP) is 2.36. The van der Waals surface area contributed by atoms with E-state index in [1.54, 1.807) is 30.3 Å². The van der Waals surface area contributed by atoms with Gasteiger partial charge in [0.25, 0.3) is 0 Å². The first kappa shape index (κ1) is 14.2. The molecule has 102 valence electrons. The summed E-state index contributed by atoms with van der Waals surface area (Å²) >= 11 is 11.3. The molecule has 0 saturated carbocycles. The van der Waals surface area contributed by atoms with Gasteiger partial charge < -0.3 is 5.32 Å². The van der Waals surface area contributed by atoms with Crippen LogP contribution in [0.5, 0.6) is 0 Å². The molecule has 1 aromatic heterocycles. The number of para-hydroxylation sites is 1. The molecule has 0 atom stereocenters. The molecule has 0 aliphatic heterocycles. The lowest BCUT2D eigenvalue weighted by Crippen LogP contribution is -2.29.